The van der Waals surface area contributed by atoms with Gasteiger partial charge in [0.15, 0.2) is 18.9 Å². The molecule has 0 aliphatic heterocycles. The van der Waals surface area contributed by atoms with Crippen LogP contribution in [0.15, 0.2) is 85.2 Å². The third-order valence-electron chi connectivity index (χ3n) is 8.20. The minimum Gasteiger partial charge on any atom is -0.487 e. The summed E-state index contributed by atoms with van der Waals surface area (Å²) in [5.74, 6) is 0.635. The first-order valence-electron chi connectivity index (χ1n) is 16.3. The summed E-state index contributed by atoms with van der Waals surface area (Å²) >= 11 is 0. The SMILES string of the molecule is CCCCCCCCc1ccc(C(=O)Oc2ccc(OC(=O)c3ccc(OCC[n+]4ccc(N(C)C)cc4)cc3)c(C)c2C)cc1. The summed E-state index contributed by atoms with van der Waals surface area (Å²) in [4.78, 5) is 27.8. The zero-order valence-electron chi connectivity index (χ0n) is 27.9. The molecule has 0 fully saturated rings. The number of rotatable bonds is 16. The van der Waals surface area contributed by atoms with Crippen LogP contribution in [0.1, 0.15) is 82.9 Å². The summed E-state index contributed by atoms with van der Waals surface area (Å²) < 4.78 is 19.4. The number of carbonyl (C=O) groups excluding carboxylic acids is 2. The second kappa shape index (κ2) is 17.2. The van der Waals surface area contributed by atoms with E-state index in [0.29, 0.717) is 41.5 Å². The van der Waals surface area contributed by atoms with Crippen LogP contribution in [0.4, 0.5) is 5.69 Å². The van der Waals surface area contributed by atoms with Gasteiger partial charge in [-0.25, -0.2) is 14.2 Å². The van der Waals surface area contributed by atoms with Gasteiger partial charge in [0.2, 0.25) is 0 Å². The van der Waals surface area contributed by atoms with Crippen LogP contribution >= 0.6 is 0 Å². The molecule has 0 N–H and O–H groups in total. The van der Waals surface area contributed by atoms with Gasteiger partial charge in [-0.3, -0.25) is 0 Å². The Labute approximate surface area is 273 Å². The lowest BCUT2D eigenvalue weighted by atomic mass is 10.0. The highest BCUT2D eigenvalue weighted by Gasteiger charge is 2.17. The number of hydrogen-bond acceptors (Lipinski definition) is 6. The van der Waals surface area contributed by atoms with Gasteiger partial charge in [-0.15, -0.1) is 0 Å². The Morgan fingerprint density at radius 2 is 1.20 bits per heavy atom. The van der Waals surface area contributed by atoms with E-state index in [1.807, 2.05) is 64.6 Å². The molecule has 0 spiro atoms. The van der Waals surface area contributed by atoms with E-state index in [1.165, 1.54) is 37.7 Å². The molecular weight excluding hydrogens is 576 g/mol. The third kappa shape index (κ3) is 9.93. The van der Waals surface area contributed by atoms with E-state index >= 15 is 0 Å². The van der Waals surface area contributed by atoms with Crippen molar-refractivity contribution in [3.8, 4) is 17.2 Å². The highest BCUT2D eigenvalue weighted by atomic mass is 16.5. The molecule has 0 unspecified atom stereocenters. The average molecular weight is 624 g/mol. The van der Waals surface area contributed by atoms with Crippen molar-refractivity contribution in [1.29, 1.82) is 0 Å². The van der Waals surface area contributed by atoms with Gasteiger partial charge in [0.05, 0.1) is 11.1 Å². The first-order chi connectivity index (χ1) is 22.2. The smallest absolute Gasteiger partial charge is 0.343 e. The van der Waals surface area contributed by atoms with E-state index in [0.717, 1.165) is 29.7 Å². The van der Waals surface area contributed by atoms with Gasteiger partial charge in [0, 0.05) is 31.9 Å². The number of esters is 2. The lowest BCUT2D eigenvalue weighted by molar-refractivity contribution is -0.697. The molecule has 0 saturated carbocycles. The van der Waals surface area contributed by atoms with Gasteiger partial charge in [0.1, 0.15) is 23.9 Å². The molecule has 242 valence electrons. The number of carbonyl (C=O) groups is 2. The van der Waals surface area contributed by atoms with E-state index in [1.54, 1.807) is 36.4 Å². The van der Waals surface area contributed by atoms with E-state index in [4.69, 9.17) is 14.2 Å². The second-order valence-electron chi connectivity index (χ2n) is 11.9. The summed E-state index contributed by atoms with van der Waals surface area (Å²) in [5.41, 5.74) is 4.74. The number of aryl methyl sites for hydroxylation is 1. The van der Waals surface area contributed by atoms with Crippen LogP contribution in [0, 0.1) is 13.8 Å². The molecule has 1 aromatic heterocycles. The lowest BCUT2D eigenvalue weighted by Gasteiger charge is -2.14. The Morgan fingerprint density at radius 1 is 0.674 bits per heavy atom. The minimum absolute atomic E-state index is 0.411. The molecule has 4 aromatic rings. The number of hydrogen-bond donors (Lipinski definition) is 0. The average Bonchev–Trinajstić information content (AvgIpc) is 3.07. The maximum absolute atomic E-state index is 12.9. The van der Waals surface area contributed by atoms with Crippen molar-refractivity contribution in [2.24, 2.45) is 0 Å². The molecule has 0 amide bonds. The number of nitrogens with zero attached hydrogens (tertiary/aromatic N) is 2. The summed E-state index contributed by atoms with van der Waals surface area (Å²) in [6, 6.07) is 22.0. The zero-order chi connectivity index (χ0) is 32.9. The molecule has 0 aliphatic rings. The molecule has 1 heterocycles. The number of ether oxygens (including phenoxy) is 3. The van der Waals surface area contributed by atoms with Gasteiger partial charge in [0.25, 0.3) is 0 Å². The van der Waals surface area contributed by atoms with Gasteiger partial charge in [-0.1, -0.05) is 51.2 Å². The largest absolute Gasteiger partial charge is 0.487 e. The van der Waals surface area contributed by atoms with Crippen molar-refractivity contribution in [1.82, 2.24) is 0 Å². The Kier molecular flexibility index (Phi) is 12.8. The highest BCUT2D eigenvalue weighted by Crippen LogP contribution is 2.30. The van der Waals surface area contributed by atoms with Crippen molar-refractivity contribution in [3.63, 3.8) is 0 Å². The molecule has 7 nitrogen and oxygen atoms in total. The van der Waals surface area contributed by atoms with Gasteiger partial charge in [-0.05, 0) is 91.9 Å². The van der Waals surface area contributed by atoms with Crippen LogP contribution in [0.2, 0.25) is 0 Å². The Bertz CT molecular complexity index is 1560. The molecular formula is C39H47N2O5+. The Hall–Kier alpha value is -4.65. The van der Waals surface area contributed by atoms with Crippen molar-refractivity contribution in [2.75, 3.05) is 25.6 Å². The summed E-state index contributed by atoms with van der Waals surface area (Å²) in [6.07, 6.45) is 12.6. The van der Waals surface area contributed by atoms with Crippen LogP contribution in [-0.2, 0) is 13.0 Å². The van der Waals surface area contributed by atoms with Crippen LogP contribution < -0.4 is 23.7 Å². The molecule has 46 heavy (non-hydrogen) atoms. The third-order valence-corrected chi connectivity index (χ3v) is 8.20. The van der Waals surface area contributed by atoms with Crippen LogP contribution in [0.5, 0.6) is 17.2 Å². The normalized spacial score (nSPS) is 10.8. The van der Waals surface area contributed by atoms with Crippen molar-refractivity contribution in [3.05, 3.63) is 113 Å². The fourth-order valence-electron chi connectivity index (χ4n) is 5.08. The Morgan fingerprint density at radius 3 is 1.74 bits per heavy atom. The van der Waals surface area contributed by atoms with Gasteiger partial charge < -0.3 is 19.1 Å². The minimum atomic E-state index is -0.476. The topological polar surface area (TPSA) is 68.9 Å². The summed E-state index contributed by atoms with van der Waals surface area (Å²) in [6.45, 7) is 7.12. The molecule has 0 atom stereocenters. The van der Waals surface area contributed by atoms with Gasteiger partial charge >= 0.3 is 11.9 Å². The zero-order valence-corrected chi connectivity index (χ0v) is 27.9. The first kappa shape index (κ1) is 34.2. The number of anilines is 1. The summed E-state index contributed by atoms with van der Waals surface area (Å²) in [7, 11) is 4.02. The lowest BCUT2D eigenvalue weighted by Crippen LogP contribution is -2.35. The quantitative estimate of drug-likeness (QED) is 0.0544. The van der Waals surface area contributed by atoms with Crippen molar-refractivity contribution in [2.45, 2.75) is 72.3 Å². The van der Waals surface area contributed by atoms with E-state index < -0.39 is 11.9 Å². The standard InChI is InChI=1S/C39H47N2O5/c1-6-7-8-9-10-11-12-31-13-15-32(16-14-31)38(42)45-36-21-22-37(30(3)29(36)2)46-39(43)33-17-19-35(20-18-33)44-28-27-41-25-23-34(24-26-41)40(4)5/h13-26H,6-12,27-28H2,1-5H3/q+1. The highest BCUT2D eigenvalue weighted by molar-refractivity contribution is 5.92. The van der Waals surface area contributed by atoms with E-state index in [-0.39, 0.29) is 0 Å². The van der Waals surface area contributed by atoms with Crippen LogP contribution in [0.3, 0.4) is 0 Å². The number of benzene rings is 3. The summed E-state index contributed by atoms with van der Waals surface area (Å²) in [5, 5.41) is 0. The predicted molar refractivity (Wildman–Crippen MR) is 182 cm³/mol. The van der Waals surface area contributed by atoms with E-state index in [2.05, 4.69) is 28.5 Å². The number of pyridine rings is 1. The maximum Gasteiger partial charge on any atom is 0.343 e. The van der Waals surface area contributed by atoms with Gasteiger partial charge in [-0.2, -0.15) is 0 Å². The fourth-order valence-corrected chi connectivity index (χ4v) is 5.08. The predicted octanol–water partition coefficient (Wildman–Crippen LogP) is 8.08. The molecule has 0 bridgehead atoms. The van der Waals surface area contributed by atoms with E-state index in [9.17, 15) is 9.59 Å². The van der Waals surface area contributed by atoms with Crippen LogP contribution in [-0.4, -0.2) is 32.6 Å². The molecule has 0 saturated heterocycles. The molecule has 0 aliphatic carbocycles. The van der Waals surface area contributed by atoms with Crippen molar-refractivity contribution < 1.29 is 28.4 Å². The fraction of sp³-hybridized carbons (Fsp3) is 0.359. The second-order valence-corrected chi connectivity index (χ2v) is 11.9. The monoisotopic (exact) mass is 623 g/mol. The maximum atomic E-state index is 12.9. The number of unbranched alkanes of at least 4 members (excludes halogenated alkanes) is 5. The van der Waals surface area contributed by atoms with Crippen LogP contribution in [0.25, 0.3) is 0 Å². The Balaban J connectivity index is 1.26. The number of aromatic nitrogens is 1. The first-order valence-corrected chi connectivity index (χ1v) is 16.3. The molecule has 0 radical (unpaired) electrons. The molecule has 4 rings (SSSR count). The molecule has 3 aromatic carbocycles. The molecule has 7 heteroatoms. The van der Waals surface area contributed by atoms with Crippen molar-refractivity contribution >= 4 is 17.6 Å².